The van der Waals surface area contributed by atoms with Crippen LogP contribution in [0.4, 0.5) is 0 Å². The van der Waals surface area contributed by atoms with Gasteiger partial charge in [-0.25, -0.2) is 4.98 Å². The van der Waals surface area contributed by atoms with E-state index in [0.29, 0.717) is 0 Å². The van der Waals surface area contributed by atoms with Crippen molar-refractivity contribution in [3.63, 3.8) is 0 Å². The summed E-state index contributed by atoms with van der Waals surface area (Å²) in [5.41, 5.74) is 2.33. The van der Waals surface area contributed by atoms with Crippen molar-refractivity contribution in [2.45, 2.75) is 39.4 Å². The van der Waals surface area contributed by atoms with Crippen LogP contribution in [0.1, 0.15) is 32.0 Å². The third-order valence-electron chi connectivity index (χ3n) is 2.52. The van der Waals surface area contributed by atoms with Crippen molar-refractivity contribution >= 4 is 0 Å². The zero-order valence-corrected chi connectivity index (χ0v) is 10.6. The zero-order chi connectivity index (χ0) is 12.3. The molecule has 2 aromatic heterocycles. The van der Waals surface area contributed by atoms with Gasteiger partial charge in [-0.15, -0.1) is 0 Å². The number of H-pyrrole nitrogens is 1. The van der Waals surface area contributed by atoms with Crippen molar-refractivity contribution in [2.24, 2.45) is 0 Å². The van der Waals surface area contributed by atoms with E-state index in [1.165, 1.54) is 5.56 Å². The van der Waals surface area contributed by atoms with E-state index in [0.717, 1.165) is 18.8 Å². The summed E-state index contributed by atoms with van der Waals surface area (Å²) in [6, 6.07) is 0. The smallest absolute Gasteiger partial charge is 0.0922 e. The van der Waals surface area contributed by atoms with Crippen LogP contribution in [-0.4, -0.2) is 19.7 Å². The summed E-state index contributed by atoms with van der Waals surface area (Å²) in [7, 11) is 0. The highest BCUT2D eigenvalue weighted by atomic mass is 15.3. The standard InChI is InChI=1S/C12H19N5/c1-12(2,3)17-8-10(5-16-17)4-13-6-11-7-14-9-15-11/h5,7-9,13H,4,6H2,1-3H3,(H,14,15). The van der Waals surface area contributed by atoms with Crippen LogP contribution in [0.15, 0.2) is 24.9 Å². The first-order chi connectivity index (χ1) is 8.05. The molecular weight excluding hydrogens is 214 g/mol. The number of nitrogens with zero attached hydrogens (tertiary/aromatic N) is 3. The molecule has 2 aromatic rings. The molecule has 0 aliphatic rings. The van der Waals surface area contributed by atoms with Gasteiger partial charge in [-0.05, 0) is 20.8 Å². The van der Waals surface area contributed by atoms with E-state index in [2.05, 4.69) is 47.4 Å². The van der Waals surface area contributed by atoms with Gasteiger partial charge in [0, 0.05) is 36.7 Å². The lowest BCUT2D eigenvalue weighted by atomic mass is 10.1. The fourth-order valence-corrected chi connectivity index (χ4v) is 1.54. The number of aromatic amines is 1. The molecule has 0 aliphatic heterocycles. The fraction of sp³-hybridized carbons (Fsp3) is 0.500. The highest BCUT2D eigenvalue weighted by molar-refractivity contribution is 5.05. The highest BCUT2D eigenvalue weighted by Gasteiger charge is 2.13. The van der Waals surface area contributed by atoms with E-state index < -0.39 is 0 Å². The first kappa shape index (κ1) is 11.9. The number of nitrogens with one attached hydrogen (secondary N) is 2. The van der Waals surface area contributed by atoms with Crippen molar-refractivity contribution in [1.29, 1.82) is 0 Å². The summed E-state index contributed by atoms with van der Waals surface area (Å²) in [4.78, 5) is 7.03. The minimum atomic E-state index is 0.0433. The quantitative estimate of drug-likeness (QED) is 0.844. The lowest BCUT2D eigenvalue weighted by Gasteiger charge is -2.18. The van der Waals surface area contributed by atoms with Crippen molar-refractivity contribution < 1.29 is 0 Å². The minimum Gasteiger partial charge on any atom is -0.347 e. The summed E-state index contributed by atoms with van der Waals surface area (Å²) in [5.74, 6) is 0. The summed E-state index contributed by atoms with van der Waals surface area (Å²) in [5, 5.41) is 7.70. The molecule has 17 heavy (non-hydrogen) atoms. The third-order valence-corrected chi connectivity index (χ3v) is 2.52. The van der Waals surface area contributed by atoms with Crippen molar-refractivity contribution in [2.75, 3.05) is 0 Å². The van der Waals surface area contributed by atoms with Crippen LogP contribution in [0.5, 0.6) is 0 Å². The van der Waals surface area contributed by atoms with Crippen molar-refractivity contribution in [3.05, 3.63) is 36.2 Å². The average molecular weight is 233 g/mol. The Morgan fingerprint density at radius 3 is 2.71 bits per heavy atom. The summed E-state index contributed by atoms with van der Waals surface area (Å²) >= 11 is 0. The molecule has 0 radical (unpaired) electrons. The number of rotatable bonds is 4. The Balaban J connectivity index is 1.85. The van der Waals surface area contributed by atoms with Crippen LogP contribution in [0.25, 0.3) is 0 Å². The molecule has 2 heterocycles. The Bertz CT molecular complexity index is 449. The third kappa shape index (κ3) is 3.17. The maximum atomic E-state index is 4.36. The molecule has 92 valence electrons. The minimum absolute atomic E-state index is 0.0433. The molecule has 0 aromatic carbocycles. The van der Waals surface area contributed by atoms with Gasteiger partial charge < -0.3 is 10.3 Å². The Morgan fingerprint density at radius 1 is 1.29 bits per heavy atom. The molecule has 2 N–H and O–H groups in total. The van der Waals surface area contributed by atoms with Gasteiger partial charge in [-0.1, -0.05) is 0 Å². The molecule has 0 saturated heterocycles. The SMILES string of the molecule is CC(C)(C)n1cc(CNCc2cnc[nH]2)cn1. The molecule has 0 atom stereocenters. The Hall–Kier alpha value is -1.62. The predicted molar refractivity (Wildman–Crippen MR) is 66.4 cm³/mol. The number of imidazole rings is 1. The topological polar surface area (TPSA) is 58.5 Å². The summed E-state index contributed by atoms with van der Waals surface area (Å²) in [6.07, 6.45) is 7.51. The Morgan fingerprint density at radius 2 is 2.12 bits per heavy atom. The van der Waals surface area contributed by atoms with Gasteiger partial charge in [-0.3, -0.25) is 4.68 Å². The van der Waals surface area contributed by atoms with Crippen molar-refractivity contribution in [1.82, 2.24) is 25.1 Å². The Kier molecular flexibility index (Phi) is 3.28. The average Bonchev–Trinajstić information content (AvgIpc) is 2.86. The van der Waals surface area contributed by atoms with Crippen LogP contribution in [0, 0.1) is 0 Å². The van der Waals surface area contributed by atoms with E-state index in [1.54, 1.807) is 6.33 Å². The van der Waals surface area contributed by atoms with Crippen LogP contribution < -0.4 is 5.32 Å². The van der Waals surface area contributed by atoms with E-state index in [-0.39, 0.29) is 5.54 Å². The molecule has 0 spiro atoms. The second-order valence-electron chi connectivity index (χ2n) is 5.14. The molecule has 0 amide bonds. The van der Waals surface area contributed by atoms with E-state index in [4.69, 9.17) is 0 Å². The molecular formula is C12H19N5. The largest absolute Gasteiger partial charge is 0.347 e. The van der Waals surface area contributed by atoms with Gasteiger partial charge in [0.25, 0.3) is 0 Å². The lowest BCUT2D eigenvalue weighted by molar-refractivity contribution is 0.355. The summed E-state index contributed by atoms with van der Waals surface area (Å²) in [6.45, 7) is 8.03. The molecule has 0 fully saturated rings. The molecule has 5 nitrogen and oxygen atoms in total. The van der Waals surface area contributed by atoms with Gasteiger partial charge in [0.2, 0.25) is 0 Å². The second kappa shape index (κ2) is 4.71. The molecule has 5 heteroatoms. The first-order valence-electron chi connectivity index (χ1n) is 5.78. The van der Waals surface area contributed by atoms with Gasteiger partial charge in [0.15, 0.2) is 0 Å². The first-order valence-corrected chi connectivity index (χ1v) is 5.78. The van der Waals surface area contributed by atoms with E-state index in [9.17, 15) is 0 Å². The highest BCUT2D eigenvalue weighted by Crippen LogP contribution is 2.12. The predicted octanol–water partition coefficient (Wildman–Crippen LogP) is 1.65. The zero-order valence-electron chi connectivity index (χ0n) is 10.6. The van der Waals surface area contributed by atoms with Crippen LogP contribution in [-0.2, 0) is 18.6 Å². The monoisotopic (exact) mass is 233 g/mol. The lowest BCUT2D eigenvalue weighted by Crippen LogP contribution is -2.22. The van der Waals surface area contributed by atoms with Gasteiger partial charge in [-0.2, -0.15) is 5.10 Å². The second-order valence-corrected chi connectivity index (χ2v) is 5.14. The van der Waals surface area contributed by atoms with E-state index in [1.807, 2.05) is 17.1 Å². The number of aromatic nitrogens is 4. The molecule has 0 aliphatic carbocycles. The van der Waals surface area contributed by atoms with Gasteiger partial charge in [0.1, 0.15) is 0 Å². The maximum absolute atomic E-state index is 4.36. The fourth-order valence-electron chi connectivity index (χ4n) is 1.54. The maximum Gasteiger partial charge on any atom is 0.0922 e. The molecule has 0 saturated carbocycles. The number of hydrogen-bond acceptors (Lipinski definition) is 3. The normalized spacial score (nSPS) is 11.9. The van der Waals surface area contributed by atoms with E-state index >= 15 is 0 Å². The van der Waals surface area contributed by atoms with Crippen LogP contribution >= 0.6 is 0 Å². The molecule has 2 rings (SSSR count). The number of hydrogen-bond donors (Lipinski definition) is 2. The van der Waals surface area contributed by atoms with Gasteiger partial charge >= 0.3 is 0 Å². The van der Waals surface area contributed by atoms with Gasteiger partial charge in [0.05, 0.1) is 18.1 Å². The van der Waals surface area contributed by atoms with Crippen molar-refractivity contribution in [3.8, 4) is 0 Å². The van der Waals surface area contributed by atoms with Crippen LogP contribution in [0.3, 0.4) is 0 Å². The Labute approximate surface area is 101 Å². The molecule has 0 bridgehead atoms. The summed E-state index contributed by atoms with van der Waals surface area (Å²) < 4.78 is 1.99. The molecule has 0 unspecified atom stereocenters. The van der Waals surface area contributed by atoms with Crippen LogP contribution in [0.2, 0.25) is 0 Å².